The molecule has 2 atom stereocenters. The minimum atomic E-state index is -0.331. The van der Waals surface area contributed by atoms with Gasteiger partial charge in [0.25, 0.3) is 0 Å². The van der Waals surface area contributed by atoms with E-state index >= 15 is 0 Å². The molecule has 0 bridgehead atoms. The van der Waals surface area contributed by atoms with Crippen LogP contribution in [0.4, 0.5) is 0 Å². The fraction of sp³-hybridized carbons (Fsp3) is 0.348. The molecule has 3 nitrogen and oxygen atoms in total. The largest absolute Gasteiger partial charge is 0.494 e. The van der Waals surface area contributed by atoms with Crippen molar-refractivity contribution in [1.82, 2.24) is 0 Å². The molecule has 1 fully saturated rings. The average Bonchev–Trinajstić information content (AvgIpc) is 2.69. The van der Waals surface area contributed by atoms with E-state index in [0.29, 0.717) is 12.2 Å². The number of carbonyl (C=O) groups is 1. The maximum absolute atomic E-state index is 12.6. The zero-order chi connectivity index (χ0) is 18.4. The second kappa shape index (κ2) is 8.70. The van der Waals surface area contributed by atoms with Crippen LogP contribution in [0.2, 0.25) is 0 Å². The van der Waals surface area contributed by atoms with Gasteiger partial charge in [0, 0.05) is 5.92 Å². The third-order valence-electron chi connectivity index (χ3n) is 4.95. The minimum Gasteiger partial charge on any atom is -0.494 e. The molecule has 0 amide bonds. The van der Waals surface area contributed by atoms with Gasteiger partial charge in [-0.1, -0.05) is 55.5 Å². The Morgan fingerprint density at radius 1 is 1.04 bits per heavy atom. The number of benzene rings is 2. The molecule has 136 valence electrons. The van der Waals surface area contributed by atoms with Crippen molar-refractivity contribution in [2.24, 2.45) is 0 Å². The van der Waals surface area contributed by atoms with Gasteiger partial charge in [-0.2, -0.15) is 0 Å². The van der Waals surface area contributed by atoms with Crippen LogP contribution in [0.25, 0.3) is 5.57 Å². The monoisotopic (exact) mass is 350 g/mol. The SMILES string of the molecule is C=C(C(=O)O[C@H]1CCCC[C@@H]1c1ccccc1)c1ccc(OCC)cc1. The first-order valence-corrected chi connectivity index (χ1v) is 9.37. The van der Waals surface area contributed by atoms with Crippen LogP contribution in [0, 0.1) is 0 Å². The van der Waals surface area contributed by atoms with Crippen molar-refractivity contribution in [3.05, 3.63) is 72.3 Å². The van der Waals surface area contributed by atoms with E-state index in [4.69, 9.17) is 9.47 Å². The van der Waals surface area contributed by atoms with Crippen molar-refractivity contribution < 1.29 is 14.3 Å². The zero-order valence-corrected chi connectivity index (χ0v) is 15.3. The van der Waals surface area contributed by atoms with Crippen LogP contribution in [0.5, 0.6) is 5.75 Å². The summed E-state index contributed by atoms with van der Waals surface area (Å²) in [4.78, 5) is 12.6. The molecule has 2 aromatic rings. The molecule has 0 radical (unpaired) electrons. The standard InChI is InChI=1S/C23H26O3/c1-3-25-20-15-13-18(14-16-20)17(2)23(24)26-22-12-8-7-11-21(22)19-9-5-4-6-10-19/h4-6,9-10,13-16,21-22H,2-3,7-8,11-12H2,1H3/t21-,22+/m1/s1. The van der Waals surface area contributed by atoms with Crippen LogP contribution in [-0.2, 0) is 9.53 Å². The van der Waals surface area contributed by atoms with E-state index in [9.17, 15) is 4.79 Å². The van der Waals surface area contributed by atoms with E-state index in [2.05, 4.69) is 18.7 Å². The summed E-state index contributed by atoms with van der Waals surface area (Å²) in [5.41, 5.74) is 2.41. The van der Waals surface area contributed by atoms with Crippen LogP contribution in [0.1, 0.15) is 49.7 Å². The Kier molecular flexibility index (Phi) is 6.11. The zero-order valence-electron chi connectivity index (χ0n) is 15.3. The normalized spacial score (nSPS) is 19.6. The Hall–Kier alpha value is -2.55. The fourth-order valence-electron chi connectivity index (χ4n) is 3.56. The topological polar surface area (TPSA) is 35.5 Å². The lowest BCUT2D eigenvalue weighted by Gasteiger charge is -2.31. The van der Waals surface area contributed by atoms with E-state index in [-0.39, 0.29) is 18.0 Å². The fourth-order valence-corrected chi connectivity index (χ4v) is 3.56. The molecule has 3 rings (SSSR count). The van der Waals surface area contributed by atoms with Gasteiger partial charge in [-0.25, -0.2) is 4.79 Å². The first-order chi connectivity index (χ1) is 12.7. The molecule has 0 aliphatic heterocycles. The Bertz CT molecular complexity index is 734. The molecule has 26 heavy (non-hydrogen) atoms. The molecule has 0 aromatic heterocycles. The molecule has 0 heterocycles. The highest BCUT2D eigenvalue weighted by molar-refractivity contribution is 6.15. The van der Waals surface area contributed by atoms with E-state index in [1.807, 2.05) is 49.4 Å². The predicted molar refractivity (Wildman–Crippen MR) is 104 cm³/mol. The van der Waals surface area contributed by atoms with Gasteiger partial charge in [0.2, 0.25) is 0 Å². The average molecular weight is 350 g/mol. The first-order valence-electron chi connectivity index (χ1n) is 9.37. The third kappa shape index (κ3) is 4.34. The van der Waals surface area contributed by atoms with Crippen LogP contribution in [0.3, 0.4) is 0 Å². The second-order valence-electron chi connectivity index (χ2n) is 6.68. The Balaban J connectivity index is 1.68. The summed E-state index contributed by atoms with van der Waals surface area (Å²) in [7, 11) is 0. The van der Waals surface area contributed by atoms with Crippen molar-refractivity contribution in [2.45, 2.75) is 44.6 Å². The summed E-state index contributed by atoms with van der Waals surface area (Å²) in [6, 6.07) is 17.8. The highest BCUT2D eigenvalue weighted by Crippen LogP contribution is 2.35. The molecule has 0 saturated heterocycles. The molecule has 1 aliphatic carbocycles. The number of esters is 1. The smallest absolute Gasteiger partial charge is 0.338 e. The van der Waals surface area contributed by atoms with E-state index in [1.165, 1.54) is 12.0 Å². The third-order valence-corrected chi connectivity index (χ3v) is 4.95. The van der Waals surface area contributed by atoms with Crippen LogP contribution < -0.4 is 4.74 Å². The summed E-state index contributed by atoms with van der Waals surface area (Å²) < 4.78 is 11.3. The highest BCUT2D eigenvalue weighted by atomic mass is 16.5. The maximum Gasteiger partial charge on any atom is 0.338 e. The summed E-state index contributed by atoms with van der Waals surface area (Å²) in [5.74, 6) is 0.720. The lowest BCUT2D eigenvalue weighted by Crippen LogP contribution is -2.29. The lowest BCUT2D eigenvalue weighted by atomic mass is 9.81. The molecule has 3 heteroatoms. The molecule has 1 saturated carbocycles. The summed E-state index contributed by atoms with van der Waals surface area (Å²) in [6.45, 7) is 6.51. The Morgan fingerprint density at radius 2 is 1.73 bits per heavy atom. The van der Waals surface area contributed by atoms with Crippen molar-refractivity contribution in [2.75, 3.05) is 6.61 Å². The van der Waals surface area contributed by atoms with E-state index < -0.39 is 0 Å². The lowest BCUT2D eigenvalue weighted by molar-refractivity contribution is -0.144. The molecule has 2 aromatic carbocycles. The molecule has 1 aliphatic rings. The Labute approximate surface area is 155 Å². The summed E-state index contributed by atoms with van der Waals surface area (Å²) >= 11 is 0. The van der Waals surface area contributed by atoms with Gasteiger partial charge in [-0.3, -0.25) is 0 Å². The van der Waals surface area contributed by atoms with Crippen molar-refractivity contribution in [3.63, 3.8) is 0 Å². The van der Waals surface area contributed by atoms with Gasteiger partial charge in [-0.05, 0) is 49.4 Å². The number of carbonyl (C=O) groups excluding carboxylic acids is 1. The summed E-state index contributed by atoms with van der Waals surface area (Å²) in [5, 5.41) is 0. The number of ether oxygens (including phenoxy) is 2. The van der Waals surface area contributed by atoms with Crippen molar-refractivity contribution >= 4 is 11.5 Å². The number of rotatable bonds is 6. The van der Waals surface area contributed by atoms with Crippen LogP contribution >= 0.6 is 0 Å². The van der Waals surface area contributed by atoms with Crippen molar-refractivity contribution in [1.29, 1.82) is 0 Å². The quantitative estimate of drug-likeness (QED) is 0.519. The molecular weight excluding hydrogens is 324 g/mol. The molecule has 0 N–H and O–H groups in total. The molecular formula is C23H26O3. The number of hydrogen-bond acceptors (Lipinski definition) is 3. The van der Waals surface area contributed by atoms with E-state index in [1.54, 1.807) is 0 Å². The first kappa shape index (κ1) is 18.2. The van der Waals surface area contributed by atoms with Gasteiger partial charge in [0.15, 0.2) is 0 Å². The van der Waals surface area contributed by atoms with Crippen LogP contribution in [0.15, 0.2) is 61.2 Å². The second-order valence-corrected chi connectivity index (χ2v) is 6.68. The maximum atomic E-state index is 12.6. The minimum absolute atomic E-state index is 0.0851. The van der Waals surface area contributed by atoms with E-state index in [0.717, 1.165) is 30.6 Å². The number of hydrogen-bond donors (Lipinski definition) is 0. The predicted octanol–water partition coefficient (Wildman–Crippen LogP) is 5.37. The summed E-state index contributed by atoms with van der Waals surface area (Å²) in [6.07, 6.45) is 4.14. The van der Waals surface area contributed by atoms with Crippen molar-refractivity contribution in [3.8, 4) is 5.75 Å². The van der Waals surface area contributed by atoms with Gasteiger partial charge >= 0.3 is 5.97 Å². The Morgan fingerprint density at radius 3 is 2.42 bits per heavy atom. The molecule has 0 spiro atoms. The highest BCUT2D eigenvalue weighted by Gasteiger charge is 2.30. The van der Waals surface area contributed by atoms with Gasteiger partial charge in [0.05, 0.1) is 12.2 Å². The van der Waals surface area contributed by atoms with Gasteiger partial charge < -0.3 is 9.47 Å². The molecule has 0 unspecified atom stereocenters. The van der Waals surface area contributed by atoms with Gasteiger partial charge in [-0.15, -0.1) is 0 Å². The van der Waals surface area contributed by atoms with Crippen LogP contribution in [-0.4, -0.2) is 18.7 Å². The van der Waals surface area contributed by atoms with Gasteiger partial charge in [0.1, 0.15) is 11.9 Å².